The number of hydrogen-bond acceptors (Lipinski definition) is 4. The number of aliphatic hydroxyl groups is 1. The van der Waals surface area contributed by atoms with Crippen molar-refractivity contribution >= 4 is 21.4 Å². The topological polar surface area (TPSA) is 57.6 Å². The van der Waals surface area contributed by atoms with E-state index >= 15 is 0 Å². The molecule has 0 amide bonds. The zero-order valence-corrected chi connectivity index (χ0v) is 13.9. The number of rotatable bonds is 4. The minimum atomic E-state index is -3.52. The first-order chi connectivity index (χ1) is 9.39. The Morgan fingerprint density at radius 2 is 2.05 bits per heavy atom. The van der Waals surface area contributed by atoms with Crippen molar-refractivity contribution in [2.75, 3.05) is 7.05 Å². The van der Waals surface area contributed by atoms with Gasteiger partial charge in [-0.25, -0.2) is 8.42 Å². The lowest BCUT2D eigenvalue weighted by molar-refractivity contribution is 0.213. The first kappa shape index (κ1) is 15.9. The number of aliphatic hydroxyl groups excluding tert-OH is 1. The van der Waals surface area contributed by atoms with Crippen LogP contribution in [0, 0.1) is 12.8 Å². The molecule has 1 fully saturated rings. The van der Waals surface area contributed by atoms with Crippen LogP contribution in [0.1, 0.15) is 43.0 Å². The van der Waals surface area contributed by atoms with Gasteiger partial charge in [-0.3, -0.25) is 0 Å². The lowest BCUT2D eigenvalue weighted by Crippen LogP contribution is -2.42. The monoisotopic (exact) mass is 317 g/mol. The fraction of sp³-hybridized carbons (Fsp3) is 0.714. The summed E-state index contributed by atoms with van der Waals surface area (Å²) in [7, 11) is -1.84. The molecule has 1 aromatic rings. The Morgan fingerprint density at radius 1 is 1.40 bits per heavy atom. The fourth-order valence-electron chi connectivity index (χ4n) is 3.10. The number of sulfonamides is 1. The zero-order chi connectivity index (χ0) is 14.9. The Kier molecular flexibility index (Phi) is 4.89. The molecular weight excluding hydrogens is 294 g/mol. The smallest absolute Gasteiger partial charge is 0.244 e. The van der Waals surface area contributed by atoms with Crippen LogP contribution < -0.4 is 0 Å². The third-order valence-corrected chi connectivity index (χ3v) is 7.63. The van der Waals surface area contributed by atoms with E-state index in [2.05, 4.69) is 6.92 Å². The molecule has 20 heavy (non-hydrogen) atoms. The van der Waals surface area contributed by atoms with Gasteiger partial charge < -0.3 is 5.11 Å². The molecule has 0 spiro atoms. The van der Waals surface area contributed by atoms with Crippen LogP contribution in [0.25, 0.3) is 0 Å². The van der Waals surface area contributed by atoms with E-state index in [9.17, 15) is 13.5 Å². The summed E-state index contributed by atoms with van der Waals surface area (Å²) >= 11 is 1.31. The van der Waals surface area contributed by atoms with Crippen molar-refractivity contribution in [3.8, 4) is 0 Å². The van der Waals surface area contributed by atoms with Crippen molar-refractivity contribution in [3.05, 3.63) is 15.8 Å². The molecule has 0 saturated heterocycles. The average Bonchev–Trinajstić information content (AvgIpc) is 2.80. The van der Waals surface area contributed by atoms with Crippen LogP contribution in [0.4, 0.5) is 0 Å². The molecule has 1 aliphatic rings. The number of nitrogens with zero attached hydrogens (tertiary/aromatic N) is 1. The van der Waals surface area contributed by atoms with Gasteiger partial charge in [-0.1, -0.05) is 19.8 Å². The van der Waals surface area contributed by atoms with Gasteiger partial charge in [0.2, 0.25) is 10.0 Å². The zero-order valence-electron chi connectivity index (χ0n) is 12.3. The Balaban J connectivity index is 2.36. The molecule has 6 heteroatoms. The van der Waals surface area contributed by atoms with Crippen molar-refractivity contribution in [2.24, 2.45) is 5.92 Å². The summed E-state index contributed by atoms with van der Waals surface area (Å²) < 4.78 is 27.3. The molecule has 0 aliphatic heterocycles. The van der Waals surface area contributed by atoms with Crippen molar-refractivity contribution in [1.82, 2.24) is 4.31 Å². The van der Waals surface area contributed by atoms with E-state index in [1.165, 1.54) is 22.1 Å². The Hall–Kier alpha value is -0.430. The van der Waals surface area contributed by atoms with Crippen LogP contribution in [0.5, 0.6) is 0 Å². The van der Waals surface area contributed by atoms with Gasteiger partial charge in [0.05, 0.1) is 11.5 Å². The molecule has 2 atom stereocenters. The van der Waals surface area contributed by atoms with Gasteiger partial charge in [0.15, 0.2) is 0 Å². The summed E-state index contributed by atoms with van der Waals surface area (Å²) in [4.78, 5) is 0.850. The molecular formula is C14H23NO3S2. The third-order valence-electron chi connectivity index (χ3n) is 4.30. The number of aryl methyl sites for hydroxylation is 1. The van der Waals surface area contributed by atoms with Gasteiger partial charge in [-0.05, 0) is 36.6 Å². The fourth-order valence-corrected chi connectivity index (χ4v) is 6.19. The van der Waals surface area contributed by atoms with E-state index < -0.39 is 10.0 Å². The highest BCUT2D eigenvalue weighted by molar-refractivity contribution is 7.89. The molecule has 2 rings (SSSR count). The van der Waals surface area contributed by atoms with Gasteiger partial charge in [0.1, 0.15) is 4.90 Å². The highest BCUT2D eigenvalue weighted by Crippen LogP contribution is 2.34. The quantitative estimate of drug-likeness (QED) is 0.929. The lowest BCUT2D eigenvalue weighted by atomic mass is 9.86. The van der Waals surface area contributed by atoms with E-state index in [0.717, 1.165) is 24.8 Å². The maximum atomic E-state index is 12.9. The minimum Gasteiger partial charge on any atom is -0.391 e. The molecule has 2 unspecified atom stereocenters. The number of thiophene rings is 1. The highest BCUT2D eigenvalue weighted by Gasteiger charge is 2.35. The second-order valence-corrected chi connectivity index (χ2v) is 8.58. The van der Waals surface area contributed by atoms with Crippen LogP contribution >= 0.6 is 11.3 Å². The first-order valence-electron chi connectivity index (χ1n) is 7.05. The van der Waals surface area contributed by atoms with E-state index in [0.29, 0.717) is 15.7 Å². The molecule has 0 aromatic carbocycles. The summed E-state index contributed by atoms with van der Waals surface area (Å²) in [6.07, 6.45) is 4.28. The first-order valence-corrected chi connectivity index (χ1v) is 9.37. The van der Waals surface area contributed by atoms with Gasteiger partial charge >= 0.3 is 0 Å². The second kappa shape index (κ2) is 6.13. The van der Waals surface area contributed by atoms with Crippen molar-refractivity contribution < 1.29 is 13.5 Å². The molecule has 1 N–H and O–H groups in total. The molecule has 0 radical (unpaired) electrons. The van der Waals surface area contributed by atoms with Crippen LogP contribution in [0.3, 0.4) is 0 Å². The van der Waals surface area contributed by atoms with E-state index in [-0.39, 0.29) is 12.6 Å². The Morgan fingerprint density at radius 3 is 2.65 bits per heavy atom. The third kappa shape index (κ3) is 2.79. The van der Waals surface area contributed by atoms with Crippen molar-refractivity contribution in [2.45, 2.75) is 57.1 Å². The maximum absolute atomic E-state index is 12.9. The van der Waals surface area contributed by atoms with Gasteiger partial charge in [0.25, 0.3) is 0 Å². The summed E-state index contributed by atoms with van der Waals surface area (Å²) in [5.41, 5.74) is 0.731. The SMILES string of the molecule is Cc1csc(CO)c1S(=O)(=O)N(C)C1CCCCC1C. The van der Waals surface area contributed by atoms with Crippen molar-refractivity contribution in [1.29, 1.82) is 0 Å². The highest BCUT2D eigenvalue weighted by atomic mass is 32.2. The summed E-state index contributed by atoms with van der Waals surface area (Å²) in [5.74, 6) is 0.389. The molecule has 1 saturated carbocycles. The van der Waals surface area contributed by atoms with E-state index in [1.807, 2.05) is 0 Å². The normalized spacial score (nSPS) is 24.2. The van der Waals surface area contributed by atoms with Gasteiger partial charge in [-0.2, -0.15) is 4.31 Å². The average molecular weight is 317 g/mol. The van der Waals surface area contributed by atoms with Crippen LogP contribution in [0.15, 0.2) is 10.3 Å². The molecule has 0 bridgehead atoms. The predicted octanol–water partition coefficient (Wildman–Crippen LogP) is 2.75. The molecule has 114 valence electrons. The molecule has 1 heterocycles. The van der Waals surface area contributed by atoms with Gasteiger partial charge in [0, 0.05) is 13.1 Å². The summed E-state index contributed by atoms with van der Waals surface area (Å²) in [6.45, 7) is 3.70. The largest absolute Gasteiger partial charge is 0.391 e. The summed E-state index contributed by atoms with van der Waals surface area (Å²) in [5, 5.41) is 11.2. The molecule has 1 aromatic heterocycles. The predicted molar refractivity (Wildman–Crippen MR) is 81.3 cm³/mol. The molecule has 1 aliphatic carbocycles. The Labute approximate surface area is 125 Å². The molecule has 4 nitrogen and oxygen atoms in total. The van der Waals surface area contributed by atoms with E-state index in [1.54, 1.807) is 19.4 Å². The second-order valence-electron chi connectivity index (χ2n) is 5.68. The van der Waals surface area contributed by atoms with Crippen molar-refractivity contribution in [3.63, 3.8) is 0 Å². The van der Waals surface area contributed by atoms with E-state index in [4.69, 9.17) is 0 Å². The van der Waals surface area contributed by atoms with Gasteiger partial charge in [-0.15, -0.1) is 11.3 Å². The summed E-state index contributed by atoms with van der Waals surface area (Å²) in [6, 6.07) is 0.0691. The Bertz CT molecular complexity index is 565. The number of hydrogen-bond donors (Lipinski definition) is 1. The maximum Gasteiger partial charge on any atom is 0.244 e. The van der Waals surface area contributed by atoms with Crippen LogP contribution in [-0.2, 0) is 16.6 Å². The van der Waals surface area contributed by atoms with Crippen LogP contribution in [-0.4, -0.2) is 30.9 Å². The standard InChI is InChI=1S/C14H23NO3S2/c1-10-6-4-5-7-12(10)15(3)20(17,18)14-11(2)9-19-13(14)8-16/h9-10,12,16H,4-8H2,1-3H3. The van der Waals surface area contributed by atoms with Crippen LogP contribution in [0.2, 0.25) is 0 Å². The minimum absolute atomic E-state index is 0.0691. The lowest BCUT2D eigenvalue weighted by Gasteiger charge is -2.35.